The normalized spacial score (nSPS) is 11.5. The number of aliphatic hydroxyl groups is 1. The van der Waals surface area contributed by atoms with Crippen molar-refractivity contribution in [3.63, 3.8) is 0 Å². The number of aliphatic hydroxyl groups excluding tert-OH is 1. The molecule has 2 rings (SSSR count). The molecule has 102 valence electrons. The van der Waals surface area contributed by atoms with E-state index in [0.717, 1.165) is 29.5 Å². The number of hydrogen-bond acceptors (Lipinski definition) is 4. The maximum absolute atomic E-state index is 13.4. The SMILES string of the molecule is O=S(=O)(Nc1cc(F)ccc1F)c1cc(CO)cs1. The van der Waals surface area contributed by atoms with E-state index in [1.807, 2.05) is 4.72 Å². The van der Waals surface area contributed by atoms with Gasteiger partial charge in [0.1, 0.15) is 15.8 Å². The van der Waals surface area contributed by atoms with Gasteiger partial charge in [0.15, 0.2) is 0 Å². The van der Waals surface area contributed by atoms with E-state index in [1.54, 1.807) is 0 Å². The highest BCUT2D eigenvalue weighted by Gasteiger charge is 2.19. The van der Waals surface area contributed by atoms with Crippen molar-refractivity contribution >= 4 is 27.0 Å². The average molecular weight is 305 g/mol. The molecule has 0 unspecified atom stereocenters. The van der Waals surface area contributed by atoms with Crippen molar-refractivity contribution in [3.05, 3.63) is 46.8 Å². The molecule has 0 radical (unpaired) electrons. The van der Waals surface area contributed by atoms with Crippen LogP contribution in [0.25, 0.3) is 0 Å². The highest BCUT2D eigenvalue weighted by molar-refractivity contribution is 7.94. The van der Waals surface area contributed by atoms with Crippen molar-refractivity contribution in [2.45, 2.75) is 10.8 Å². The predicted octanol–water partition coefficient (Wildman–Crippen LogP) is 2.32. The van der Waals surface area contributed by atoms with Crippen LogP contribution in [0.1, 0.15) is 5.56 Å². The summed E-state index contributed by atoms with van der Waals surface area (Å²) in [6.45, 7) is -0.291. The van der Waals surface area contributed by atoms with E-state index in [2.05, 4.69) is 0 Å². The lowest BCUT2D eigenvalue weighted by molar-refractivity contribution is 0.282. The summed E-state index contributed by atoms with van der Waals surface area (Å²) in [5.74, 6) is -1.62. The van der Waals surface area contributed by atoms with Crippen LogP contribution in [-0.4, -0.2) is 13.5 Å². The summed E-state index contributed by atoms with van der Waals surface area (Å²) in [6, 6.07) is 3.75. The molecule has 1 aromatic carbocycles. The molecule has 19 heavy (non-hydrogen) atoms. The van der Waals surface area contributed by atoms with Gasteiger partial charge in [-0.25, -0.2) is 17.2 Å². The first-order valence-electron chi connectivity index (χ1n) is 5.08. The van der Waals surface area contributed by atoms with Gasteiger partial charge in [-0.2, -0.15) is 0 Å². The fraction of sp³-hybridized carbons (Fsp3) is 0.0909. The second-order valence-electron chi connectivity index (χ2n) is 3.66. The lowest BCUT2D eigenvalue weighted by Gasteiger charge is -2.07. The molecular weight excluding hydrogens is 296 g/mol. The minimum atomic E-state index is -3.99. The molecule has 0 atom stereocenters. The van der Waals surface area contributed by atoms with E-state index in [4.69, 9.17) is 5.11 Å². The van der Waals surface area contributed by atoms with Crippen LogP contribution in [-0.2, 0) is 16.6 Å². The maximum Gasteiger partial charge on any atom is 0.271 e. The number of hydrogen-bond donors (Lipinski definition) is 2. The number of rotatable bonds is 4. The third kappa shape index (κ3) is 3.09. The van der Waals surface area contributed by atoms with Crippen LogP contribution in [0.5, 0.6) is 0 Å². The van der Waals surface area contributed by atoms with Gasteiger partial charge in [0.25, 0.3) is 10.0 Å². The van der Waals surface area contributed by atoms with Crippen molar-refractivity contribution in [3.8, 4) is 0 Å². The molecule has 0 aliphatic heterocycles. The Hall–Kier alpha value is -1.51. The number of halogens is 2. The Bertz CT molecular complexity index is 698. The van der Waals surface area contributed by atoms with Gasteiger partial charge in [0.2, 0.25) is 0 Å². The van der Waals surface area contributed by atoms with Crippen LogP contribution in [0, 0.1) is 11.6 Å². The van der Waals surface area contributed by atoms with Gasteiger partial charge in [0.05, 0.1) is 12.3 Å². The zero-order valence-corrected chi connectivity index (χ0v) is 11.1. The summed E-state index contributed by atoms with van der Waals surface area (Å²) >= 11 is 0.884. The predicted molar refractivity (Wildman–Crippen MR) is 67.4 cm³/mol. The molecule has 0 aliphatic rings. The maximum atomic E-state index is 13.4. The summed E-state index contributed by atoms with van der Waals surface area (Å²) < 4.78 is 52.0. The Balaban J connectivity index is 2.33. The number of benzene rings is 1. The monoisotopic (exact) mass is 305 g/mol. The van der Waals surface area contributed by atoms with Gasteiger partial charge in [-0.05, 0) is 29.1 Å². The summed E-state index contributed by atoms with van der Waals surface area (Å²) in [4.78, 5) is 0. The molecule has 0 fully saturated rings. The van der Waals surface area contributed by atoms with Gasteiger partial charge < -0.3 is 5.11 Å². The van der Waals surface area contributed by atoms with E-state index >= 15 is 0 Å². The minimum absolute atomic E-state index is 0.0831. The van der Waals surface area contributed by atoms with Gasteiger partial charge in [-0.3, -0.25) is 4.72 Å². The van der Waals surface area contributed by atoms with E-state index in [9.17, 15) is 17.2 Å². The Labute approximate surface area is 112 Å². The molecule has 2 N–H and O–H groups in total. The topological polar surface area (TPSA) is 66.4 Å². The Morgan fingerprint density at radius 2 is 2.00 bits per heavy atom. The largest absolute Gasteiger partial charge is 0.392 e. The van der Waals surface area contributed by atoms with E-state index in [-0.39, 0.29) is 10.8 Å². The number of anilines is 1. The molecule has 1 heterocycles. The average Bonchev–Trinajstić information content (AvgIpc) is 2.83. The standard InChI is InChI=1S/C11H9F2NO3S2/c12-8-1-2-9(13)10(4-8)14-19(16,17)11-3-7(5-15)6-18-11/h1-4,6,14-15H,5H2. The molecule has 0 saturated heterocycles. The quantitative estimate of drug-likeness (QED) is 0.911. The van der Waals surface area contributed by atoms with Gasteiger partial charge in [-0.1, -0.05) is 0 Å². The summed E-state index contributed by atoms with van der Waals surface area (Å²) in [5.41, 5.74) is -0.0240. The summed E-state index contributed by atoms with van der Waals surface area (Å²) in [6.07, 6.45) is 0. The zero-order chi connectivity index (χ0) is 14.0. The first kappa shape index (κ1) is 13.9. The molecule has 0 spiro atoms. The Morgan fingerprint density at radius 3 is 2.63 bits per heavy atom. The minimum Gasteiger partial charge on any atom is -0.392 e. The molecule has 8 heteroatoms. The lowest BCUT2D eigenvalue weighted by Crippen LogP contribution is -2.12. The van der Waals surface area contributed by atoms with Crippen LogP contribution in [0.2, 0.25) is 0 Å². The van der Waals surface area contributed by atoms with Crippen LogP contribution in [0.3, 0.4) is 0 Å². The molecule has 1 aromatic heterocycles. The molecule has 2 aromatic rings. The number of sulfonamides is 1. The number of nitrogens with one attached hydrogen (secondary N) is 1. The van der Waals surface area contributed by atoms with Gasteiger partial charge >= 0.3 is 0 Å². The van der Waals surface area contributed by atoms with Crippen molar-refractivity contribution in [2.24, 2.45) is 0 Å². The highest BCUT2D eigenvalue weighted by atomic mass is 32.2. The molecule has 0 aliphatic carbocycles. The molecule has 4 nitrogen and oxygen atoms in total. The summed E-state index contributed by atoms with van der Waals surface area (Å²) in [5, 5.41) is 10.3. The molecule has 0 saturated carbocycles. The Kier molecular flexibility index (Phi) is 3.83. The third-order valence-corrected chi connectivity index (χ3v) is 5.10. The molecule has 0 bridgehead atoms. The van der Waals surface area contributed by atoms with Crippen molar-refractivity contribution in [1.29, 1.82) is 0 Å². The zero-order valence-electron chi connectivity index (χ0n) is 9.43. The van der Waals surface area contributed by atoms with Gasteiger partial charge in [0, 0.05) is 6.07 Å². The highest BCUT2D eigenvalue weighted by Crippen LogP contribution is 2.24. The van der Waals surface area contributed by atoms with Crippen LogP contribution >= 0.6 is 11.3 Å². The Morgan fingerprint density at radius 1 is 1.26 bits per heavy atom. The van der Waals surface area contributed by atoms with Crippen molar-refractivity contribution in [2.75, 3.05) is 4.72 Å². The fourth-order valence-corrected chi connectivity index (χ4v) is 3.61. The fourth-order valence-electron chi connectivity index (χ4n) is 1.35. The van der Waals surface area contributed by atoms with Crippen molar-refractivity contribution < 1.29 is 22.3 Å². The van der Waals surface area contributed by atoms with Gasteiger partial charge in [-0.15, -0.1) is 11.3 Å². The molecule has 0 amide bonds. The van der Waals surface area contributed by atoms with Crippen LogP contribution in [0.4, 0.5) is 14.5 Å². The molecular formula is C11H9F2NO3S2. The second kappa shape index (κ2) is 5.24. The van der Waals surface area contributed by atoms with Crippen molar-refractivity contribution in [1.82, 2.24) is 0 Å². The van der Waals surface area contributed by atoms with E-state index in [0.29, 0.717) is 5.56 Å². The second-order valence-corrected chi connectivity index (χ2v) is 6.48. The smallest absolute Gasteiger partial charge is 0.271 e. The van der Waals surface area contributed by atoms with Crippen LogP contribution < -0.4 is 4.72 Å². The number of thiophene rings is 1. The first-order chi connectivity index (χ1) is 8.92. The van der Waals surface area contributed by atoms with E-state index < -0.39 is 27.3 Å². The summed E-state index contributed by atoms with van der Waals surface area (Å²) in [7, 11) is -3.99. The lowest BCUT2D eigenvalue weighted by atomic mass is 10.3. The first-order valence-corrected chi connectivity index (χ1v) is 7.45. The van der Waals surface area contributed by atoms with Crippen LogP contribution in [0.15, 0.2) is 33.9 Å². The third-order valence-electron chi connectivity index (χ3n) is 2.25. The van der Waals surface area contributed by atoms with E-state index in [1.165, 1.54) is 11.4 Å².